The number of aryl methyl sites for hydroxylation is 1. The molecule has 4 N–H and O–H groups in total. The van der Waals surface area contributed by atoms with Crippen molar-refractivity contribution in [1.82, 2.24) is 20.3 Å². The maximum atomic E-state index is 12.6. The van der Waals surface area contributed by atoms with Gasteiger partial charge >= 0.3 is 0 Å². The number of aromatic amines is 1. The molecule has 3 aromatic rings. The molecular formula is C21H24N4O4. The maximum absolute atomic E-state index is 12.6. The van der Waals surface area contributed by atoms with Crippen molar-refractivity contribution in [1.29, 1.82) is 0 Å². The van der Waals surface area contributed by atoms with E-state index in [0.29, 0.717) is 24.2 Å². The molecule has 2 unspecified atom stereocenters. The normalized spacial score (nSPS) is 24.0. The number of hydrogen-bond donors (Lipinski definition) is 4. The first kappa shape index (κ1) is 19.4. The first-order valence-electron chi connectivity index (χ1n) is 9.60. The number of imidazole rings is 1. The van der Waals surface area contributed by atoms with Crippen molar-refractivity contribution in [3.63, 3.8) is 0 Å². The maximum Gasteiger partial charge on any atom is 0.287 e. The fraction of sp³-hybridized carbons (Fsp3) is 0.381. The van der Waals surface area contributed by atoms with Crippen molar-refractivity contribution in [3.8, 4) is 5.88 Å². The molecule has 0 bridgehead atoms. The van der Waals surface area contributed by atoms with E-state index in [2.05, 4.69) is 20.3 Å². The van der Waals surface area contributed by atoms with Crippen molar-refractivity contribution >= 4 is 16.9 Å². The number of nitrogens with one attached hydrogen (secondary N) is 2. The van der Waals surface area contributed by atoms with Crippen LogP contribution in [-0.2, 0) is 0 Å². The molecule has 8 nitrogen and oxygen atoms in total. The second kappa shape index (κ2) is 7.81. The molecule has 29 heavy (non-hydrogen) atoms. The summed E-state index contributed by atoms with van der Waals surface area (Å²) in [6.07, 6.45) is -1.07. The third kappa shape index (κ3) is 4.23. The van der Waals surface area contributed by atoms with Gasteiger partial charge in [-0.05, 0) is 38.0 Å². The zero-order chi connectivity index (χ0) is 20.4. The molecule has 2 aromatic heterocycles. The Hall–Kier alpha value is -2.97. The number of aromatic nitrogens is 3. The number of para-hydroxylation sites is 2. The SMILES string of the molecule is Cc1cccc(OCC2(CNC(=O)c3nc4ccccc4[nH]3)CC(O)C(O)C2)n1. The molecule has 0 saturated heterocycles. The van der Waals surface area contributed by atoms with Gasteiger partial charge in [0.05, 0.1) is 29.8 Å². The van der Waals surface area contributed by atoms with E-state index in [9.17, 15) is 15.0 Å². The topological polar surface area (TPSA) is 120 Å². The third-order valence-corrected chi connectivity index (χ3v) is 5.35. The Kier molecular flexibility index (Phi) is 5.21. The molecule has 2 atom stereocenters. The fourth-order valence-corrected chi connectivity index (χ4v) is 3.79. The molecule has 0 aliphatic heterocycles. The number of ether oxygens (including phenoxy) is 1. The Balaban J connectivity index is 1.46. The van der Waals surface area contributed by atoms with Gasteiger partial charge in [0.15, 0.2) is 5.82 Å². The first-order chi connectivity index (χ1) is 13.9. The van der Waals surface area contributed by atoms with Gasteiger partial charge < -0.3 is 25.3 Å². The van der Waals surface area contributed by atoms with Crippen molar-refractivity contribution in [2.24, 2.45) is 5.41 Å². The zero-order valence-corrected chi connectivity index (χ0v) is 16.1. The van der Waals surface area contributed by atoms with Crippen molar-refractivity contribution in [2.75, 3.05) is 13.2 Å². The Morgan fingerprint density at radius 3 is 2.66 bits per heavy atom. The average molecular weight is 396 g/mol. The summed E-state index contributed by atoms with van der Waals surface area (Å²) in [7, 11) is 0. The van der Waals surface area contributed by atoms with E-state index >= 15 is 0 Å². The molecule has 0 spiro atoms. The molecule has 1 aromatic carbocycles. The van der Waals surface area contributed by atoms with Crippen LogP contribution < -0.4 is 10.1 Å². The minimum Gasteiger partial charge on any atom is -0.477 e. The van der Waals surface area contributed by atoms with Crippen LogP contribution in [0.15, 0.2) is 42.5 Å². The second-order valence-corrected chi connectivity index (χ2v) is 7.73. The van der Waals surface area contributed by atoms with Gasteiger partial charge in [0.1, 0.15) is 0 Å². The summed E-state index contributed by atoms with van der Waals surface area (Å²) < 4.78 is 5.85. The van der Waals surface area contributed by atoms with Gasteiger partial charge in [-0.1, -0.05) is 18.2 Å². The van der Waals surface area contributed by atoms with Gasteiger partial charge in [-0.15, -0.1) is 0 Å². The van der Waals surface area contributed by atoms with Crippen LogP contribution in [0, 0.1) is 12.3 Å². The van der Waals surface area contributed by atoms with Gasteiger partial charge in [0.2, 0.25) is 5.88 Å². The molecule has 2 heterocycles. The van der Waals surface area contributed by atoms with Crippen LogP contribution in [0.5, 0.6) is 5.88 Å². The Morgan fingerprint density at radius 1 is 1.17 bits per heavy atom. The van der Waals surface area contributed by atoms with E-state index in [-0.39, 0.29) is 24.9 Å². The van der Waals surface area contributed by atoms with Gasteiger partial charge in [-0.3, -0.25) is 4.79 Å². The van der Waals surface area contributed by atoms with E-state index in [1.54, 1.807) is 6.07 Å². The lowest BCUT2D eigenvalue weighted by Gasteiger charge is -2.28. The predicted octanol–water partition coefficient (Wildman–Crippen LogP) is 1.58. The number of H-pyrrole nitrogens is 1. The average Bonchev–Trinajstić information content (AvgIpc) is 3.26. The summed E-state index contributed by atoms with van der Waals surface area (Å²) in [6, 6.07) is 12.9. The summed E-state index contributed by atoms with van der Waals surface area (Å²) in [6.45, 7) is 2.33. The van der Waals surface area contributed by atoms with Crippen LogP contribution in [0.4, 0.5) is 0 Å². The lowest BCUT2D eigenvalue weighted by molar-refractivity contribution is 0.0438. The minimum atomic E-state index is -0.854. The zero-order valence-electron chi connectivity index (χ0n) is 16.1. The second-order valence-electron chi connectivity index (χ2n) is 7.73. The smallest absolute Gasteiger partial charge is 0.287 e. The van der Waals surface area contributed by atoms with E-state index in [1.807, 2.05) is 43.3 Å². The van der Waals surface area contributed by atoms with Gasteiger partial charge in [0, 0.05) is 23.7 Å². The quantitative estimate of drug-likeness (QED) is 0.502. The summed E-state index contributed by atoms with van der Waals surface area (Å²) in [5.41, 5.74) is 1.73. The molecule has 1 fully saturated rings. The Labute approximate surface area is 168 Å². The molecule has 152 valence electrons. The van der Waals surface area contributed by atoms with Crippen LogP contribution >= 0.6 is 0 Å². The Morgan fingerprint density at radius 2 is 1.93 bits per heavy atom. The molecule has 0 radical (unpaired) electrons. The number of fused-ring (bicyclic) bond motifs is 1. The summed E-state index contributed by atoms with van der Waals surface area (Å²) in [4.78, 5) is 24.2. The number of rotatable bonds is 6. The molecule has 1 saturated carbocycles. The summed E-state index contributed by atoms with van der Waals surface area (Å²) in [5, 5.41) is 23.1. The highest BCUT2D eigenvalue weighted by atomic mass is 16.5. The van der Waals surface area contributed by atoms with E-state index in [4.69, 9.17) is 4.74 Å². The predicted molar refractivity (Wildman–Crippen MR) is 107 cm³/mol. The van der Waals surface area contributed by atoms with E-state index in [0.717, 1.165) is 11.2 Å². The van der Waals surface area contributed by atoms with Crippen LogP contribution in [-0.4, -0.2) is 56.4 Å². The van der Waals surface area contributed by atoms with Gasteiger partial charge in [0.25, 0.3) is 5.91 Å². The van der Waals surface area contributed by atoms with E-state index in [1.165, 1.54) is 0 Å². The molecule has 1 aliphatic carbocycles. The molecule has 1 aliphatic rings. The number of benzene rings is 1. The fourth-order valence-electron chi connectivity index (χ4n) is 3.79. The highest BCUT2D eigenvalue weighted by Crippen LogP contribution is 2.38. The minimum absolute atomic E-state index is 0.220. The monoisotopic (exact) mass is 396 g/mol. The molecule has 4 rings (SSSR count). The number of amides is 1. The van der Waals surface area contributed by atoms with Crippen LogP contribution in [0.3, 0.4) is 0 Å². The summed E-state index contributed by atoms with van der Waals surface area (Å²) >= 11 is 0. The van der Waals surface area contributed by atoms with Crippen molar-refractivity contribution < 1.29 is 19.7 Å². The molecule has 8 heteroatoms. The van der Waals surface area contributed by atoms with Crippen molar-refractivity contribution in [2.45, 2.75) is 32.0 Å². The van der Waals surface area contributed by atoms with Crippen LogP contribution in [0.2, 0.25) is 0 Å². The van der Waals surface area contributed by atoms with Gasteiger partial charge in [-0.25, -0.2) is 9.97 Å². The molecule has 1 amide bonds. The number of carbonyl (C=O) groups is 1. The van der Waals surface area contributed by atoms with Crippen LogP contribution in [0.25, 0.3) is 11.0 Å². The number of pyridine rings is 1. The lowest BCUT2D eigenvalue weighted by Crippen LogP contribution is -2.41. The number of carbonyl (C=O) groups excluding carboxylic acids is 1. The van der Waals surface area contributed by atoms with Gasteiger partial charge in [-0.2, -0.15) is 0 Å². The number of hydrogen-bond acceptors (Lipinski definition) is 6. The summed E-state index contributed by atoms with van der Waals surface area (Å²) in [5.74, 6) is 0.357. The highest BCUT2D eigenvalue weighted by molar-refractivity contribution is 5.94. The lowest BCUT2D eigenvalue weighted by atomic mass is 9.86. The Bertz CT molecular complexity index is 976. The first-order valence-corrected chi connectivity index (χ1v) is 9.60. The third-order valence-electron chi connectivity index (χ3n) is 5.35. The van der Waals surface area contributed by atoms with E-state index < -0.39 is 17.6 Å². The van der Waals surface area contributed by atoms with Crippen LogP contribution in [0.1, 0.15) is 29.2 Å². The number of aliphatic hydroxyl groups is 2. The highest BCUT2D eigenvalue weighted by Gasteiger charge is 2.45. The number of nitrogens with zero attached hydrogens (tertiary/aromatic N) is 2. The molecular weight excluding hydrogens is 372 g/mol. The van der Waals surface area contributed by atoms with Crippen molar-refractivity contribution in [3.05, 3.63) is 54.0 Å². The largest absolute Gasteiger partial charge is 0.477 e. The standard InChI is InChI=1S/C21H24N4O4/c1-13-5-4-8-18(23-13)29-12-21(9-16(26)17(27)10-21)11-22-20(28)19-24-14-6-2-3-7-15(14)25-19/h2-8,16-17,26-27H,9-12H2,1H3,(H,22,28)(H,24,25). The number of aliphatic hydroxyl groups excluding tert-OH is 2.